The van der Waals surface area contributed by atoms with Gasteiger partial charge in [0.2, 0.25) is 4.94 Å². The minimum atomic E-state index is -1.15. The minimum absolute atomic E-state index is 0.0948. The maximum Gasteiger partial charge on any atom is 0.558 e. The molecule has 78 valence electrons. The van der Waals surface area contributed by atoms with E-state index in [1.54, 1.807) is 18.2 Å². The highest BCUT2D eigenvalue weighted by molar-refractivity contribution is 5.88. The van der Waals surface area contributed by atoms with Gasteiger partial charge in [-0.05, 0) is 12.1 Å². The second kappa shape index (κ2) is 4.65. The molecule has 0 saturated heterocycles. The van der Waals surface area contributed by atoms with E-state index in [0.29, 0.717) is 0 Å². The second-order valence-corrected chi connectivity index (χ2v) is 2.29. The number of hydrogen-bond donors (Lipinski definition) is 1. The van der Waals surface area contributed by atoms with Crippen LogP contribution < -0.4 is 0 Å². The van der Waals surface area contributed by atoms with E-state index < -0.39 is 16.1 Å². The van der Waals surface area contributed by atoms with Crippen molar-refractivity contribution in [3.63, 3.8) is 0 Å². The van der Waals surface area contributed by atoms with Gasteiger partial charge < -0.3 is 0 Å². The standard InChI is InChI=1S/C7H6N2O6/c10-7(6-4-2-1-3-5-6)14-9(13)15-8(11)12/h1-5H,(H,11,12)/q+2. The predicted octanol–water partition coefficient (Wildman–Crippen LogP) is 0.552. The number of carbonyl (C=O) groups excluding carboxylic acids is 1. The highest BCUT2D eigenvalue weighted by atomic mass is 17.2. The Morgan fingerprint density at radius 3 is 2.33 bits per heavy atom. The molecule has 0 atom stereocenters. The van der Waals surface area contributed by atoms with Crippen LogP contribution in [-0.4, -0.2) is 21.3 Å². The average molecular weight is 214 g/mol. The Bertz CT molecular complexity index is 390. The van der Waals surface area contributed by atoms with E-state index in [1.165, 1.54) is 12.1 Å². The first-order valence-corrected chi connectivity index (χ1v) is 3.68. The van der Waals surface area contributed by atoms with Gasteiger partial charge in [-0.25, -0.2) is 4.79 Å². The SMILES string of the molecule is O=C(O[N+](=O)O[N+](=O)O)c1ccccc1. The van der Waals surface area contributed by atoms with Crippen molar-refractivity contribution in [2.45, 2.75) is 0 Å². The van der Waals surface area contributed by atoms with Crippen LogP contribution in [0.2, 0.25) is 0 Å². The van der Waals surface area contributed by atoms with Crippen molar-refractivity contribution in [1.82, 2.24) is 0 Å². The van der Waals surface area contributed by atoms with Crippen molar-refractivity contribution in [1.29, 1.82) is 0 Å². The smallest absolute Gasteiger partial charge is 0.238 e. The monoisotopic (exact) mass is 214 g/mol. The Balaban J connectivity index is 2.57. The summed E-state index contributed by atoms with van der Waals surface area (Å²) < 4.78 is 0. The van der Waals surface area contributed by atoms with Crippen LogP contribution in [0, 0.1) is 9.81 Å². The van der Waals surface area contributed by atoms with Crippen LogP contribution in [-0.2, 0) is 9.78 Å². The molecule has 0 radical (unpaired) electrons. The Labute approximate surface area is 82.6 Å². The molecule has 8 nitrogen and oxygen atoms in total. The van der Waals surface area contributed by atoms with Gasteiger partial charge in [-0.15, -0.1) is 0 Å². The maximum atomic E-state index is 11.1. The minimum Gasteiger partial charge on any atom is -0.238 e. The van der Waals surface area contributed by atoms with Crippen LogP contribution in [0.5, 0.6) is 0 Å². The lowest BCUT2D eigenvalue weighted by atomic mass is 10.2. The quantitative estimate of drug-likeness (QED) is 0.735. The third kappa shape index (κ3) is 3.38. The van der Waals surface area contributed by atoms with E-state index in [1.807, 2.05) is 0 Å². The van der Waals surface area contributed by atoms with Crippen LogP contribution in [0.3, 0.4) is 0 Å². The molecular weight excluding hydrogens is 208 g/mol. The Hall–Kier alpha value is -2.51. The summed E-state index contributed by atoms with van der Waals surface area (Å²) in [7, 11) is 0. The van der Waals surface area contributed by atoms with Crippen molar-refractivity contribution in [2.24, 2.45) is 0 Å². The predicted molar refractivity (Wildman–Crippen MR) is 42.0 cm³/mol. The zero-order chi connectivity index (χ0) is 11.3. The number of rotatable bonds is 4. The zero-order valence-corrected chi connectivity index (χ0v) is 7.27. The van der Waals surface area contributed by atoms with E-state index >= 15 is 0 Å². The van der Waals surface area contributed by atoms with Crippen LogP contribution in [0.15, 0.2) is 30.3 Å². The lowest BCUT2D eigenvalue weighted by Gasteiger charge is -1.89. The first-order valence-electron chi connectivity index (χ1n) is 3.68. The van der Waals surface area contributed by atoms with Gasteiger partial charge in [0.1, 0.15) is 9.81 Å². The summed E-state index contributed by atoms with van der Waals surface area (Å²) in [5.74, 6) is -1.02. The summed E-state index contributed by atoms with van der Waals surface area (Å²) in [6.07, 6.45) is 0. The Kier molecular flexibility index (Phi) is 3.28. The molecule has 0 aliphatic carbocycles. The number of nitrogens with zero attached hydrogens (tertiary/aromatic N) is 2. The van der Waals surface area contributed by atoms with Crippen molar-refractivity contribution >= 4 is 5.97 Å². The molecule has 0 fully saturated rings. The van der Waals surface area contributed by atoms with E-state index in [9.17, 15) is 14.6 Å². The van der Waals surface area contributed by atoms with Gasteiger partial charge in [-0.1, -0.05) is 23.0 Å². The molecule has 1 aromatic carbocycles. The van der Waals surface area contributed by atoms with Gasteiger partial charge in [-0.2, -0.15) is 5.21 Å². The molecule has 0 aliphatic rings. The summed E-state index contributed by atoms with van der Waals surface area (Å²) >= 11 is 0. The summed E-state index contributed by atoms with van der Waals surface area (Å²) in [6.45, 7) is 0. The molecule has 15 heavy (non-hydrogen) atoms. The van der Waals surface area contributed by atoms with Crippen LogP contribution in [0.25, 0.3) is 0 Å². The summed E-state index contributed by atoms with van der Waals surface area (Å²) in [5, 5.41) is 5.96. The molecule has 0 bridgehead atoms. The second-order valence-electron chi connectivity index (χ2n) is 2.29. The zero-order valence-electron chi connectivity index (χ0n) is 7.27. The van der Waals surface area contributed by atoms with E-state index in [0.717, 1.165) is 0 Å². The number of benzene rings is 1. The topological polar surface area (TPSA) is 95.9 Å². The number of carbonyl (C=O) groups is 1. The highest BCUT2D eigenvalue weighted by Crippen LogP contribution is 2.01. The molecule has 8 heteroatoms. The maximum absolute atomic E-state index is 11.1. The van der Waals surface area contributed by atoms with Gasteiger partial charge in [-0.3, -0.25) is 0 Å². The fourth-order valence-corrected chi connectivity index (χ4v) is 0.768. The molecule has 0 amide bonds. The molecule has 0 saturated carbocycles. The molecule has 0 aromatic heterocycles. The van der Waals surface area contributed by atoms with Gasteiger partial charge >= 0.3 is 16.1 Å². The fraction of sp³-hybridized carbons (Fsp3) is 0. The first-order chi connectivity index (χ1) is 7.09. The summed E-state index contributed by atoms with van der Waals surface area (Å²) in [5.41, 5.74) is 0.0948. The molecule has 0 heterocycles. The lowest BCUT2D eigenvalue weighted by molar-refractivity contribution is -1.20. The number of hydrogen-bond acceptors (Lipinski definition) is 5. The molecule has 0 unspecified atom stereocenters. The lowest BCUT2D eigenvalue weighted by Crippen LogP contribution is -2.20. The van der Waals surface area contributed by atoms with Crippen LogP contribution in [0.4, 0.5) is 0 Å². The average Bonchev–Trinajstić information content (AvgIpc) is 2.17. The van der Waals surface area contributed by atoms with Gasteiger partial charge in [0.05, 0.1) is 5.56 Å². The summed E-state index contributed by atoms with van der Waals surface area (Å²) in [6, 6.07) is 7.56. The van der Waals surface area contributed by atoms with Crippen molar-refractivity contribution in [2.75, 3.05) is 0 Å². The van der Waals surface area contributed by atoms with E-state index in [2.05, 4.69) is 9.78 Å². The molecule has 1 N–H and O–H groups in total. The van der Waals surface area contributed by atoms with Crippen molar-refractivity contribution in [3.05, 3.63) is 45.7 Å². The highest BCUT2D eigenvalue weighted by Gasteiger charge is 2.32. The van der Waals surface area contributed by atoms with Gasteiger partial charge in [0.15, 0.2) is 0 Å². The third-order valence-electron chi connectivity index (χ3n) is 1.30. The Morgan fingerprint density at radius 2 is 1.80 bits per heavy atom. The normalized spacial score (nSPS) is 9.07. The van der Waals surface area contributed by atoms with E-state index in [-0.39, 0.29) is 5.56 Å². The summed E-state index contributed by atoms with van der Waals surface area (Å²) in [4.78, 5) is 38.7. The van der Waals surface area contributed by atoms with Crippen LogP contribution >= 0.6 is 0 Å². The van der Waals surface area contributed by atoms with Crippen LogP contribution in [0.1, 0.15) is 10.4 Å². The van der Waals surface area contributed by atoms with Crippen molar-refractivity contribution < 1.29 is 30.0 Å². The van der Waals surface area contributed by atoms with Gasteiger partial charge in [0.25, 0.3) is 0 Å². The molecule has 1 aromatic rings. The third-order valence-corrected chi connectivity index (χ3v) is 1.30. The molecule has 0 aliphatic heterocycles. The molecule has 0 spiro atoms. The fourth-order valence-electron chi connectivity index (χ4n) is 0.768. The molecular formula is C7H6N2O6+2. The van der Waals surface area contributed by atoms with E-state index in [4.69, 9.17) is 5.21 Å². The van der Waals surface area contributed by atoms with Gasteiger partial charge in [0, 0.05) is 0 Å². The Morgan fingerprint density at radius 1 is 1.20 bits per heavy atom. The first kappa shape index (κ1) is 10.6. The molecule has 1 rings (SSSR count). The van der Waals surface area contributed by atoms with Crippen molar-refractivity contribution in [3.8, 4) is 0 Å². The largest absolute Gasteiger partial charge is 0.558 e.